The average molecular weight is 264 g/mol. The number of carbonyl (C=O) groups is 2. The first-order valence-corrected chi connectivity index (χ1v) is 6.10. The lowest BCUT2D eigenvalue weighted by atomic mass is 9.98. The van der Waals surface area contributed by atoms with Crippen molar-refractivity contribution in [1.29, 1.82) is 0 Å². The normalized spacial score (nSPS) is 22.9. The van der Waals surface area contributed by atoms with E-state index < -0.39 is 18.1 Å². The fourth-order valence-electron chi connectivity index (χ4n) is 2.20. The number of ether oxygens (including phenoxy) is 1. The van der Waals surface area contributed by atoms with Crippen LogP contribution >= 0.6 is 0 Å². The molecule has 0 radical (unpaired) electrons. The number of pyridine rings is 1. The lowest BCUT2D eigenvalue weighted by Gasteiger charge is -2.36. The molecule has 2 atom stereocenters. The monoisotopic (exact) mass is 264 g/mol. The third-order valence-electron chi connectivity index (χ3n) is 3.22. The molecule has 1 saturated heterocycles. The molecule has 6 nitrogen and oxygen atoms in total. The molecular weight excluding hydrogens is 248 g/mol. The Bertz CT molecular complexity index is 463. The van der Waals surface area contributed by atoms with E-state index in [0.29, 0.717) is 18.5 Å². The second-order valence-electron chi connectivity index (χ2n) is 4.46. The van der Waals surface area contributed by atoms with Crippen LogP contribution in [-0.2, 0) is 9.53 Å². The first kappa shape index (κ1) is 13.5. The molecule has 6 heteroatoms. The van der Waals surface area contributed by atoms with Crippen LogP contribution in [0.1, 0.15) is 23.2 Å². The molecule has 2 heterocycles. The molecule has 0 aromatic carbocycles. The van der Waals surface area contributed by atoms with E-state index in [1.54, 1.807) is 18.3 Å². The lowest BCUT2D eigenvalue weighted by molar-refractivity contribution is -0.148. The number of aromatic nitrogens is 1. The summed E-state index contributed by atoms with van der Waals surface area (Å²) in [6.45, 7) is 0.328. The number of amides is 1. The third-order valence-corrected chi connectivity index (χ3v) is 3.22. The van der Waals surface area contributed by atoms with Crippen LogP contribution in [0, 0.1) is 0 Å². The van der Waals surface area contributed by atoms with Gasteiger partial charge in [-0.05, 0) is 18.6 Å². The van der Waals surface area contributed by atoms with Gasteiger partial charge in [0, 0.05) is 25.4 Å². The van der Waals surface area contributed by atoms with Crippen LogP contribution in [0.5, 0.6) is 0 Å². The Morgan fingerprint density at radius 2 is 2.32 bits per heavy atom. The maximum atomic E-state index is 12.3. The van der Waals surface area contributed by atoms with Gasteiger partial charge >= 0.3 is 5.97 Å². The zero-order chi connectivity index (χ0) is 13.8. The van der Waals surface area contributed by atoms with Crippen LogP contribution in [0.25, 0.3) is 0 Å². The Labute approximate surface area is 111 Å². The van der Waals surface area contributed by atoms with E-state index in [9.17, 15) is 14.7 Å². The predicted molar refractivity (Wildman–Crippen MR) is 66.3 cm³/mol. The lowest BCUT2D eigenvalue weighted by Crippen LogP contribution is -2.51. The topological polar surface area (TPSA) is 79.7 Å². The predicted octanol–water partition coefficient (Wildman–Crippen LogP) is 0.220. The van der Waals surface area contributed by atoms with Gasteiger partial charge in [-0.15, -0.1) is 0 Å². The standard InChI is InChI=1S/C13H16N2O4/c1-19-13(18)11-7-10(16)4-6-15(11)12(17)9-3-2-5-14-8-9/h2-3,5,8,10-11,16H,4,6-7H2,1H3/t10-,11+/m1/s1. The van der Waals surface area contributed by atoms with Gasteiger partial charge in [-0.2, -0.15) is 0 Å². The number of aliphatic hydroxyl groups is 1. The van der Waals surface area contributed by atoms with Crippen LogP contribution in [0.4, 0.5) is 0 Å². The molecule has 1 aliphatic heterocycles. The summed E-state index contributed by atoms with van der Waals surface area (Å²) < 4.78 is 4.69. The summed E-state index contributed by atoms with van der Waals surface area (Å²) in [5, 5.41) is 9.64. The van der Waals surface area contributed by atoms with E-state index in [1.165, 1.54) is 18.2 Å². The number of esters is 1. The second-order valence-corrected chi connectivity index (χ2v) is 4.46. The van der Waals surface area contributed by atoms with Crippen molar-refractivity contribution in [3.8, 4) is 0 Å². The molecular formula is C13H16N2O4. The van der Waals surface area contributed by atoms with Gasteiger partial charge in [-0.1, -0.05) is 0 Å². The van der Waals surface area contributed by atoms with Crippen LogP contribution < -0.4 is 0 Å². The molecule has 1 fully saturated rings. The number of carbonyl (C=O) groups excluding carboxylic acids is 2. The van der Waals surface area contributed by atoms with Gasteiger partial charge in [0.15, 0.2) is 0 Å². The van der Waals surface area contributed by atoms with Gasteiger partial charge in [-0.3, -0.25) is 9.78 Å². The minimum Gasteiger partial charge on any atom is -0.467 e. The Hall–Kier alpha value is -1.95. The highest BCUT2D eigenvalue weighted by Crippen LogP contribution is 2.21. The molecule has 0 saturated carbocycles. The molecule has 1 aromatic rings. The number of aliphatic hydroxyl groups excluding tert-OH is 1. The Morgan fingerprint density at radius 3 is 2.95 bits per heavy atom. The van der Waals surface area contributed by atoms with Gasteiger partial charge in [0.25, 0.3) is 5.91 Å². The highest BCUT2D eigenvalue weighted by molar-refractivity contribution is 5.96. The fourth-order valence-corrected chi connectivity index (χ4v) is 2.20. The summed E-state index contributed by atoms with van der Waals surface area (Å²) >= 11 is 0. The van der Waals surface area contributed by atoms with Gasteiger partial charge < -0.3 is 14.7 Å². The van der Waals surface area contributed by atoms with Gasteiger partial charge in [0.2, 0.25) is 0 Å². The summed E-state index contributed by atoms with van der Waals surface area (Å²) in [5.41, 5.74) is 0.424. The average Bonchev–Trinajstić information content (AvgIpc) is 2.46. The van der Waals surface area contributed by atoms with Gasteiger partial charge in [-0.25, -0.2) is 4.79 Å². The Kier molecular flexibility index (Phi) is 4.11. The number of likely N-dealkylation sites (tertiary alicyclic amines) is 1. The van der Waals surface area contributed by atoms with Gasteiger partial charge in [0.05, 0.1) is 18.8 Å². The van der Waals surface area contributed by atoms with Gasteiger partial charge in [0.1, 0.15) is 6.04 Å². The van der Waals surface area contributed by atoms with Crippen molar-refractivity contribution < 1.29 is 19.4 Å². The largest absolute Gasteiger partial charge is 0.467 e. The van der Waals surface area contributed by atoms with E-state index in [2.05, 4.69) is 4.98 Å². The Morgan fingerprint density at radius 1 is 1.53 bits per heavy atom. The number of methoxy groups -OCH3 is 1. The highest BCUT2D eigenvalue weighted by Gasteiger charge is 2.36. The zero-order valence-corrected chi connectivity index (χ0v) is 10.7. The number of rotatable bonds is 2. The van der Waals surface area contributed by atoms with Crippen LogP contribution in [-0.4, -0.2) is 52.7 Å². The molecule has 0 bridgehead atoms. The Balaban J connectivity index is 2.21. The van der Waals surface area contributed by atoms with E-state index in [-0.39, 0.29) is 12.3 Å². The molecule has 0 unspecified atom stereocenters. The van der Waals surface area contributed by atoms with Crippen molar-refractivity contribution in [2.24, 2.45) is 0 Å². The van der Waals surface area contributed by atoms with Crippen LogP contribution in [0.15, 0.2) is 24.5 Å². The summed E-state index contributed by atoms with van der Waals surface area (Å²) in [5.74, 6) is -0.772. The minimum absolute atomic E-state index is 0.207. The van der Waals surface area contributed by atoms with Crippen molar-refractivity contribution in [3.05, 3.63) is 30.1 Å². The molecule has 1 N–H and O–H groups in total. The first-order chi connectivity index (χ1) is 9.13. The van der Waals surface area contributed by atoms with Crippen LogP contribution in [0.2, 0.25) is 0 Å². The number of piperidine rings is 1. The van der Waals surface area contributed by atoms with Crippen LogP contribution in [0.3, 0.4) is 0 Å². The molecule has 19 heavy (non-hydrogen) atoms. The van der Waals surface area contributed by atoms with Crippen molar-refractivity contribution >= 4 is 11.9 Å². The smallest absolute Gasteiger partial charge is 0.328 e. The SMILES string of the molecule is COC(=O)[C@@H]1C[C@H](O)CCN1C(=O)c1cccnc1. The third kappa shape index (κ3) is 2.90. The maximum absolute atomic E-state index is 12.3. The van der Waals surface area contributed by atoms with E-state index in [0.717, 1.165) is 0 Å². The number of nitrogens with zero attached hydrogens (tertiary/aromatic N) is 2. The zero-order valence-electron chi connectivity index (χ0n) is 10.7. The van der Waals surface area contributed by atoms with E-state index in [4.69, 9.17) is 4.74 Å². The van der Waals surface area contributed by atoms with E-state index in [1.807, 2.05) is 0 Å². The molecule has 0 aliphatic carbocycles. The molecule has 2 rings (SSSR count). The van der Waals surface area contributed by atoms with Crippen molar-refractivity contribution in [2.75, 3.05) is 13.7 Å². The first-order valence-electron chi connectivity index (χ1n) is 6.10. The van der Waals surface area contributed by atoms with E-state index >= 15 is 0 Å². The quantitative estimate of drug-likeness (QED) is 0.773. The minimum atomic E-state index is -0.735. The summed E-state index contributed by atoms with van der Waals surface area (Å²) in [6.07, 6.45) is 3.12. The molecule has 1 aliphatic rings. The van der Waals surface area contributed by atoms with Crippen molar-refractivity contribution in [2.45, 2.75) is 25.0 Å². The molecule has 0 spiro atoms. The number of hydrogen-bond acceptors (Lipinski definition) is 5. The second kappa shape index (κ2) is 5.79. The summed E-state index contributed by atoms with van der Waals surface area (Å²) in [7, 11) is 1.27. The fraction of sp³-hybridized carbons (Fsp3) is 0.462. The maximum Gasteiger partial charge on any atom is 0.328 e. The highest BCUT2D eigenvalue weighted by atomic mass is 16.5. The molecule has 1 aromatic heterocycles. The summed E-state index contributed by atoms with van der Waals surface area (Å²) in [4.78, 5) is 29.4. The van der Waals surface area contributed by atoms with Crippen molar-refractivity contribution in [1.82, 2.24) is 9.88 Å². The number of hydrogen-bond donors (Lipinski definition) is 1. The molecule has 1 amide bonds. The molecule has 102 valence electrons. The van der Waals surface area contributed by atoms with Crippen molar-refractivity contribution in [3.63, 3.8) is 0 Å². The summed E-state index contributed by atoms with van der Waals surface area (Å²) in [6, 6.07) is 2.58.